The van der Waals surface area contributed by atoms with Gasteiger partial charge in [-0.3, -0.25) is 4.79 Å². The molecule has 1 aliphatic carbocycles. The number of amides is 1. The summed E-state index contributed by atoms with van der Waals surface area (Å²) in [6, 6.07) is 17.7. The predicted molar refractivity (Wildman–Crippen MR) is 148 cm³/mol. The first-order valence-corrected chi connectivity index (χ1v) is 13.4. The Bertz CT molecular complexity index is 1100. The molecule has 1 saturated heterocycles. The molecule has 1 N–H and O–H groups in total. The molecule has 1 unspecified atom stereocenters. The van der Waals surface area contributed by atoms with E-state index >= 15 is 0 Å². The molecule has 0 saturated carbocycles. The van der Waals surface area contributed by atoms with Gasteiger partial charge in [0.25, 0.3) is 9.70 Å². The number of carbonyl (C=O) groups excluding carboxylic acids is 1. The highest BCUT2D eigenvalue weighted by molar-refractivity contribution is 6.76. The third kappa shape index (κ3) is 7.76. The first-order valence-electron chi connectivity index (χ1n) is 12.3. The van der Waals surface area contributed by atoms with Crippen molar-refractivity contribution in [1.82, 2.24) is 5.32 Å². The molecule has 10 heteroatoms. The molecule has 2 aromatic rings. The molecule has 1 amide bonds. The van der Waals surface area contributed by atoms with Crippen LogP contribution in [-0.4, -0.2) is 72.9 Å². The second-order valence-electron chi connectivity index (χ2n) is 9.79. The summed E-state index contributed by atoms with van der Waals surface area (Å²) in [5.41, 5.74) is 2.63. The van der Waals surface area contributed by atoms with E-state index in [1.807, 2.05) is 61.6 Å². The zero-order chi connectivity index (χ0) is 26.5. The molecule has 0 bridgehead atoms. The van der Waals surface area contributed by atoms with E-state index in [4.69, 9.17) is 44.3 Å². The van der Waals surface area contributed by atoms with E-state index in [9.17, 15) is 10.0 Å². The minimum absolute atomic E-state index is 0.271. The topological polar surface area (TPSA) is 73.9 Å². The fourth-order valence-electron chi connectivity index (χ4n) is 4.80. The number of quaternary nitrogens is 1. The fraction of sp³-hybridized carbons (Fsp3) is 0.444. The van der Waals surface area contributed by atoms with Gasteiger partial charge in [-0.05, 0) is 36.1 Å². The van der Waals surface area contributed by atoms with Crippen molar-refractivity contribution in [1.29, 1.82) is 0 Å². The number of morpholine rings is 1. The number of alkyl halides is 3. The van der Waals surface area contributed by atoms with Crippen molar-refractivity contribution < 1.29 is 18.9 Å². The predicted octanol–water partition coefficient (Wildman–Crippen LogP) is 4.64. The monoisotopic (exact) mass is 567 g/mol. The maximum absolute atomic E-state index is 12.7. The SMILES string of the molecule is CN(CC1=CC(Cc2ccccc2)(NC(=O)C(Cl)(Cl)Cl)C1)c1cccc(OCC[N+]2([O-])CCOCC2)c1. The molecule has 4 rings (SSSR count). The normalized spacial score (nSPS) is 20.9. The lowest BCUT2D eigenvalue weighted by Gasteiger charge is -2.44. The number of hydroxylamine groups is 3. The summed E-state index contributed by atoms with van der Waals surface area (Å²) in [6.07, 6.45) is 3.30. The van der Waals surface area contributed by atoms with Crippen LogP contribution in [-0.2, 0) is 16.0 Å². The van der Waals surface area contributed by atoms with E-state index in [1.54, 1.807) is 0 Å². The van der Waals surface area contributed by atoms with Crippen molar-refractivity contribution in [2.75, 3.05) is 57.9 Å². The smallest absolute Gasteiger partial charge is 0.272 e. The first kappa shape index (κ1) is 28.0. The number of likely N-dealkylation sites (N-methyl/N-ethyl adjacent to an activating group) is 1. The second kappa shape index (κ2) is 11.8. The third-order valence-electron chi connectivity index (χ3n) is 6.76. The standard InChI is InChI=1S/C27H32Cl3N3O4/c1-32(23-8-5-9-24(16-23)37-15-12-33(35)10-13-36-14-11-33)20-22-18-26(19-22,31-25(34)27(28,29)30)17-21-6-3-2-4-7-21/h2-9,16,18H,10-15,17,19-20H2,1H3,(H,31,34). The Morgan fingerprint density at radius 3 is 2.54 bits per heavy atom. The van der Waals surface area contributed by atoms with Crippen molar-refractivity contribution in [2.24, 2.45) is 0 Å². The zero-order valence-corrected chi connectivity index (χ0v) is 23.1. The average Bonchev–Trinajstić information content (AvgIpc) is 2.83. The molecule has 1 atom stereocenters. The summed E-state index contributed by atoms with van der Waals surface area (Å²) in [6.45, 7) is 3.36. The van der Waals surface area contributed by atoms with Gasteiger partial charge in [0.05, 0.1) is 18.8 Å². The molecule has 1 heterocycles. The van der Waals surface area contributed by atoms with Crippen LogP contribution in [0.1, 0.15) is 12.0 Å². The maximum atomic E-state index is 12.7. The van der Waals surface area contributed by atoms with Crippen molar-refractivity contribution in [2.45, 2.75) is 22.2 Å². The Kier molecular flexibility index (Phi) is 8.94. The highest BCUT2D eigenvalue weighted by Gasteiger charge is 2.42. The maximum Gasteiger partial charge on any atom is 0.272 e. The lowest BCUT2D eigenvalue weighted by Crippen LogP contribution is -2.56. The number of rotatable bonds is 10. The van der Waals surface area contributed by atoms with Crippen LogP contribution in [0.5, 0.6) is 5.75 Å². The minimum atomic E-state index is -2.03. The first-order chi connectivity index (χ1) is 17.6. The summed E-state index contributed by atoms with van der Waals surface area (Å²) in [4.78, 5) is 14.6. The largest absolute Gasteiger partial charge is 0.633 e. The van der Waals surface area contributed by atoms with E-state index in [1.165, 1.54) is 5.57 Å². The van der Waals surface area contributed by atoms with E-state index in [0.717, 1.165) is 17.0 Å². The molecule has 1 fully saturated rings. The van der Waals surface area contributed by atoms with Crippen molar-refractivity contribution in [3.63, 3.8) is 0 Å². The Hall–Kier alpha value is -2.00. The van der Waals surface area contributed by atoms with E-state index in [0.29, 0.717) is 58.8 Å². The number of nitrogens with one attached hydrogen (secondary N) is 1. The van der Waals surface area contributed by atoms with Crippen LogP contribution in [0, 0.1) is 5.21 Å². The number of anilines is 1. The van der Waals surface area contributed by atoms with E-state index in [2.05, 4.69) is 16.3 Å². The van der Waals surface area contributed by atoms with Crippen molar-refractivity contribution in [3.8, 4) is 5.75 Å². The quantitative estimate of drug-likeness (QED) is 0.196. The summed E-state index contributed by atoms with van der Waals surface area (Å²) in [5.74, 6) is 0.0846. The molecule has 1 aliphatic heterocycles. The van der Waals surface area contributed by atoms with Gasteiger partial charge in [0.1, 0.15) is 32.0 Å². The van der Waals surface area contributed by atoms with Gasteiger partial charge in [-0.2, -0.15) is 0 Å². The molecule has 0 spiro atoms. The molecule has 2 aromatic carbocycles. The molecule has 2 aliphatic rings. The van der Waals surface area contributed by atoms with Gasteiger partial charge in [-0.1, -0.05) is 77.3 Å². The summed E-state index contributed by atoms with van der Waals surface area (Å²) >= 11 is 17.5. The van der Waals surface area contributed by atoms with Crippen LogP contribution in [0.25, 0.3) is 0 Å². The van der Waals surface area contributed by atoms with Crippen molar-refractivity contribution in [3.05, 3.63) is 77.0 Å². The fourth-order valence-corrected chi connectivity index (χ4v) is 4.94. The van der Waals surface area contributed by atoms with Crippen LogP contribution >= 0.6 is 34.8 Å². The molecule has 0 radical (unpaired) electrons. The molecule has 0 aromatic heterocycles. The van der Waals surface area contributed by atoms with Crippen LogP contribution in [0.3, 0.4) is 0 Å². The van der Waals surface area contributed by atoms with Gasteiger partial charge in [0.15, 0.2) is 0 Å². The number of halogens is 3. The average molecular weight is 569 g/mol. The third-order valence-corrected chi connectivity index (χ3v) is 7.27. The van der Waals surface area contributed by atoms with Gasteiger partial charge in [-0.15, -0.1) is 0 Å². The van der Waals surface area contributed by atoms with Gasteiger partial charge >= 0.3 is 0 Å². The highest BCUT2D eigenvalue weighted by Crippen LogP contribution is 2.37. The number of carbonyl (C=O) groups is 1. The lowest BCUT2D eigenvalue weighted by atomic mass is 9.74. The van der Waals surface area contributed by atoms with Gasteiger partial charge in [-0.25, -0.2) is 0 Å². The minimum Gasteiger partial charge on any atom is -0.633 e. The number of hydrogen-bond donors (Lipinski definition) is 1. The van der Waals surface area contributed by atoms with Crippen molar-refractivity contribution >= 4 is 46.4 Å². The molecule has 7 nitrogen and oxygen atoms in total. The molecular formula is C27H32Cl3N3O4. The van der Waals surface area contributed by atoms with Crippen LogP contribution in [0.4, 0.5) is 5.69 Å². The van der Waals surface area contributed by atoms with Crippen LogP contribution in [0.15, 0.2) is 66.2 Å². The Morgan fingerprint density at radius 1 is 1.16 bits per heavy atom. The molecular weight excluding hydrogens is 537 g/mol. The van der Waals surface area contributed by atoms with Gasteiger partial charge in [0.2, 0.25) is 0 Å². The number of benzene rings is 2. The van der Waals surface area contributed by atoms with Crippen LogP contribution in [0.2, 0.25) is 0 Å². The number of ether oxygens (including phenoxy) is 2. The summed E-state index contributed by atoms with van der Waals surface area (Å²) in [5, 5.41) is 15.6. The van der Waals surface area contributed by atoms with E-state index < -0.39 is 15.2 Å². The second-order valence-corrected chi connectivity index (χ2v) is 12.1. The number of hydrogen-bond acceptors (Lipinski definition) is 5. The number of nitrogens with zero attached hydrogens (tertiary/aromatic N) is 2. The van der Waals surface area contributed by atoms with E-state index in [-0.39, 0.29) is 4.65 Å². The molecule has 37 heavy (non-hydrogen) atoms. The Labute approximate surface area is 233 Å². The Balaban J connectivity index is 1.37. The molecule has 200 valence electrons. The summed E-state index contributed by atoms with van der Waals surface area (Å²) < 4.78 is 8.89. The van der Waals surface area contributed by atoms with Gasteiger partial charge < -0.3 is 29.5 Å². The summed E-state index contributed by atoms with van der Waals surface area (Å²) in [7, 11) is 2.00. The Morgan fingerprint density at radius 2 is 1.86 bits per heavy atom. The lowest BCUT2D eigenvalue weighted by molar-refractivity contribution is -0.888. The zero-order valence-electron chi connectivity index (χ0n) is 20.8. The van der Waals surface area contributed by atoms with Crippen LogP contribution < -0.4 is 15.0 Å². The van der Waals surface area contributed by atoms with Gasteiger partial charge in [0, 0.05) is 25.3 Å². The highest BCUT2D eigenvalue weighted by atomic mass is 35.6.